The minimum atomic E-state index is -0.0800. The van der Waals surface area contributed by atoms with Gasteiger partial charge < -0.3 is 5.32 Å². The first kappa shape index (κ1) is 15.5. The molecule has 0 atom stereocenters. The summed E-state index contributed by atoms with van der Waals surface area (Å²) in [5, 5.41) is 3.45. The highest BCUT2D eigenvalue weighted by atomic mass is 19.1. The Hall–Kier alpha value is -0.930. The lowest BCUT2D eigenvalue weighted by Crippen LogP contribution is -2.35. The van der Waals surface area contributed by atoms with Crippen LogP contribution in [0, 0.1) is 5.82 Å². The standard InChI is InChI=1S/C17H27FN2/c1-5-20(15-7-8-15)12-14-10-13(6-9-16(14)18)11-19-17(2,3)4/h6,9-10,15,19H,5,7-8,11-12H2,1-4H3. The van der Waals surface area contributed by atoms with Crippen LogP contribution in [0.25, 0.3) is 0 Å². The van der Waals surface area contributed by atoms with Crippen LogP contribution < -0.4 is 5.32 Å². The van der Waals surface area contributed by atoms with E-state index in [0.717, 1.165) is 30.8 Å². The summed E-state index contributed by atoms with van der Waals surface area (Å²) < 4.78 is 14.0. The summed E-state index contributed by atoms with van der Waals surface area (Å²) in [7, 11) is 0. The van der Waals surface area contributed by atoms with Gasteiger partial charge in [0.25, 0.3) is 0 Å². The Labute approximate surface area is 122 Å². The van der Waals surface area contributed by atoms with Crippen LogP contribution in [-0.4, -0.2) is 23.0 Å². The molecule has 3 heteroatoms. The van der Waals surface area contributed by atoms with Crippen molar-refractivity contribution in [1.29, 1.82) is 0 Å². The molecule has 1 N–H and O–H groups in total. The van der Waals surface area contributed by atoms with E-state index in [0.29, 0.717) is 6.04 Å². The summed E-state index contributed by atoms with van der Waals surface area (Å²) >= 11 is 0. The second kappa shape index (κ2) is 6.23. The quantitative estimate of drug-likeness (QED) is 0.853. The number of nitrogens with zero attached hydrogens (tertiary/aromatic N) is 1. The van der Waals surface area contributed by atoms with E-state index in [2.05, 4.69) is 37.9 Å². The first-order valence-electron chi connectivity index (χ1n) is 7.65. The lowest BCUT2D eigenvalue weighted by Gasteiger charge is -2.22. The molecule has 1 fully saturated rings. The predicted molar refractivity (Wildman–Crippen MR) is 82.1 cm³/mol. The Morgan fingerprint density at radius 3 is 2.55 bits per heavy atom. The van der Waals surface area contributed by atoms with Crippen molar-refractivity contribution in [2.24, 2.45) is 0 Å². The van der Waals surface area contributed by atoms with Crippen molar-refractivity contribution in [3.05, 3.63) is 35.1 Å². The molecule has 0 saturated heterocycles. The van der Waals surface area contributed by atoms with E-state index in [-0.39, 0.29) is 11.4 Å². The van der Waals surface area contributed by atoms with Crippen molar-refractivity contribution in [1.82, 2.24) is 10.2 Å². The van der Waals surface area contributed by atoms with Crippen molar-refractivity contribution in [2.75, 3.05) is 6.54 Å². The summed E-state index contributed by atoms with van der Waals surface area (Å²) in [6.07, 6.45) is 2.53. The van der Waals surface area contributed by atoms with Crippen LogP contribution >= 0.6 is 0 Å². The number of rotatable bonds is 6. The maximum atomic E-state index is 14.0. The molecule has 2 nitrogen and oxygen atoms in total. The van der Waals surface area contributed by atoms with E-state index >= 15 is 0 Å². The molecule has 1 aromatic rings. The number of nitrogens with one attached hydrogen (secondary N) is 1. The third-order valence-corrected chi connectivity index (χ3v) is 3.78. The Balaban J connectivity index is 2.03. The van der Waals surface area contributed by atoms with Gasteiger partial charge in [0.15, 0.2) is 0 Å². The monoisotopic (exact) mass is 278 g/mol. The van der Waals surface area contributed by atoms with Crippen LogP contribution in [-0.2, 0) is 13.1 Å². The van der Waals surface area contributed by atoms with Crippen LogP contribution in [0.3, 0.4) is 0 Å². The normalized spacial score (nSPS) is 15.9. The van der Waals surface area contributed by atoms with E-state index in [1.807, 2.05) is 12.1 Å². The molecule has 0 amide bonds. The van der Waals surface area contributed by atoms with E-state index in [4.69, 9.17) is 0 Å². The molecule has 20 heavy (non-hydrogen) atoms. The van der Waals surface area contributed by atoms with Gasteiger partial charge in [-0.25, -0.2) is 4.39 Å². The molecular weight excluding hydrogens is 251 g/mol. The first-order chi connectivity index (χ1) is 9.39. The van der Waals surface area contributed by atoms with E-state index < -0.39 is 0 Å². The molecule has 0 bridgehead atoms. The summed E-state index contributed by atoms with van der Waals surface area (Å²) in [5.74, 6) is -0.0800. The SMILES string of the molecule is CCN(Cc1cc(CNC(C)(C)C)ccc1F)C1CC1. The number of hydrogen-bond donors (Lipinski definition) is 1. The smallest absolute Gasteiger partial charge is 0.127 e. The molecule has 0 unspecified atom stereocenters. The Kier molecular flexibility index (Phi) is 4.82. The van der Waals surface area contributed by atoms with Crippen molar-refractivity contribution in [2.45, 2.75) is 65.2 Å². The van der Waals surface area contributed by atoms with Crippen molar-refractivity contribution >= 4 is 0 Å². The topological polar surface area (TPSA) is 15.3 Å². The van der Waals surface area contributed by atoms with Gasteiger partial charge in [0.1, 0.15) is 5.82 Å². The molecular formula is C17H27FN2. The maximum Gasteiger partial charge on any atom is 0.127 e. The Bertz CT molecular complexity index is 447. The van der Waals surface area contributed by atoms with E-state index in [1.54, 1.807) is 6.07 Å². The summed E-state index contributed by atoms with van der Waals surface area (Å²) in [4.78, 5) is 2.37. The van der Waals surface area contributed by atoms with Gasteiger partial charge in [-0.3, -0.25) is 4.90 Å². The molecule has 1 aromatic carbocycles. The predicted octanol–water partition coefficient (Wildman–Crippen LogP) is 3.70. The summed E-state index contributed by atoms with van der Waals surface area (Å²) in [5.41, 5.74) is 2.06. The molecule has 112 valence electrons. The second-order valence-corrected chi connectivity index (χ2v) is 6.82. The molecule has 0 radical (unpaired) electrons. The molecule has 0 aliphatic heterocycles. The average Bonchev–Trinajstić information content (AvgIpc) is 3.19. The third kappa shape index (κ3) is 4.57. The zero-order chi connectivity index (χ0) is 14.8. The van der Waals surface area contributed by atoms with Crippen molar-refractivity contribution < 1.29 is 4.39 Å². The van der Waals surface area contributed by atoms with E-state index in [1.165, 1.54) is 12.8 Å². The second-order valence-electron chi connectivity index (χ2n) is 6.82. The van der Waals surface area contributed by atoms with Crippen LogP contribution in [0.5, 0.6) is 0 Å². The summed E-state index contributed by atoms with van der Waals surface area (Å²) in [6, 6.07) is 6.18. The largest absolute Gasteiger partial charge is 0.308 e. The minimum absolute atomic E-state index is 0.0800. The lowest BCUT2D eigenvalue weighted by molar-refractivity contribution is 0.265. The number of hydrogen-bond acceptors (Lipinski definition) is 2. The lowest BCUT2D eigenvalue weighted by atomic mass is 10.1. The van der Waals surface area contributed by atoms with Gasteiger partial charge in [0.2, 0.25) is 0 Å². The molecule has 1 aliphatic rings. The van der Waals surface area contributed by atoms with Gasteiger partial charge in [-0.2, -0.15) is 0 Å². The highest BCUT2D eigenvalue weighted by Crippen LogP contribution is 2.28. The van der Waals surface area contributed by atoms with Crippen molar-refractivity contribution in [3.8, 4) is 0 Å². The average molecular weight is 278 g/mol. The van der Waals surface area contributed by atoms with Crippen LogP contribution in [0.4, 0.5) is 4.39 Å². The van der Waals surface area contributed by atoms with Crippen molar-refractivity contribution in [3.63, 3.8) is 0 Å². The Morgan fingerprint density at radius 2 is 2.00 bits per heavy atom. The van der Waals surface area contributed by atoms with Crippen LogP contribution in [0.1, 0.15) is 51.7 Å². The van der Waals surface area contributed by atoms with E-state index in [9.17, 15) is 4.39 Å². The minimum Gasteiger partial charge on any atom is -0.308 e. The first-order valence-corrected chi connectivity index (χ1v) is 7.65. The van der Waals surface area contributed by atoms with Gasteiger partial charge in [-0.05, 0) is 51.8 Å². The third-order valence-electron chi connectivity index (χ3n) is 3.78. The van der Waals surface area contributed by atoms with Gasteiger partial charge in [0, 0.05) is 30.2 Å². The Morgan fingerprint density at radius 1 is 1.30 bits per heavy atom. The van der Waals surface area contributed by atoms with Gasteiger partial charge in [0.05, 0.1) is 0 Å². The van der Waals surface area contributed by atoms with Crippen LogP contribution in [0.15, 0.2) is 18.2 Å². The number of halogens is 1. The molecule has 0 spiro atoms. The fraction of sp³-hybridized carbons (Fsp3) is 0.647. The molecule has 0 aromatic heterocycles. The van der Waals surface area contributed by atoms with Gasteiger partial charge in [-0.15, -0.1) is 0 Å². The van der Waals surface area contributed by atoms with Crippen LogP contribution in [0.2, 0.25) is 0 Å². The van der Waals surface area contributed by atoms with Gasteiger partial charge in [-0.1, -0.05) is 19.1 Å². The van der Waals surface area contributed by atoms with Gasteiger partial charge >= 0.3 is 0 Å². The zero-order valence-electron chi connectivity index (χ0n) is 13.2. The molecule has 1 aliphatic carbocycles. The fourth-order valence-corrected chi connectivity index (χ4v) is 2.38. The number of benzene rings is 1. The zero-order valence-corrected chi connectivity index (χ0v) is 13.2. The maximum absolute atomic E-state index is 14.0. The fourth-order valence-electron chi connectivity index (χ4n) is 2.38. The highest BCUT2D eigenvalue weighted by Gasteiger charge is 2.28. The molecule has 1 saturated carbocycles. The molecule has 2 rings (SSSR count). The summed E-state index contributed by atoms with van der Waals surface area (Å²) in [6.45, 7) is 11.1. The highest BCUT2D eigenvalue weighted by molar-refractivity contribution is 5.25. The molecule has 0 heterocycles.